The van der Waals surface area contributed by atoms with Gasteiger partial charge in [0, 0.05) is 12.3 Å². The third kappa shape index (κ3) is 2.69. The predicted molar refractivity (Wildman–Crippen MR) is 94.5 cm³/mol. The summed E-state index contributed by atoms with van der Waals surface area (Å²) in [6, 6.07) is 8.99. The zero-order valence-electron chi connectivity index (χ0n) is 13.1. The van der Waals surface area contributed by atoms with E-state index in [1.807, 2.05) is 24.3 Å². The lowest BCUT2D eigenvalue weighted by molar-refractivity contribution is -0.387. The minimum absolute atomic E-state index is 0.117. The van der Waals surface area contributed by atoms with Crippen molar-refractivity contribution in [2.75, 3.05) is 10.6 Å². The molecule has 1 spiro atoms. The van der Waals surface area contributed by atoms with Gasteiger partial charge in [-0.05, 0) is 43.9 Å². The summed E-state index contributed by atoms with van der Waals surface area (Å²) < 4.78 is 0. The summed E-state index contributed by atoms with van der Waals surface area (Å²) in [5.41, 5.74) is 1.74. The number of anilines is 2. The Labute approximate surface area is 144 Å². The number of rotatable bonds is 3. The first kappa shape index (κ1) is 15.3. The molecule has 0 unspecified atom stereocenters. The second kappa shape index (κ2) is 5.98. The first-order valence-corrected chi connectivity index (χ1v) is 8.95. The van der Waals surface area contributed by atoms with E-state index < -0.39 is 0 Å². The first-order chi connectivity index (χ1) is 11.7. The molecular weight excluding hydrogens is 324 g/mol. The number of nitro benzene ring substituents is 1. The molecule has 2 N–H and O–H groups in total. The lowest BCUT2D eigenvalue weighted by atomic mass is 9.89. The average Bonchev–Trinajstić information content (AvgIpc) is 2.94. The normalized spacial score (nSPS) is 17.8. The van der Waals surface area contributed by atoms with Gasteiger partial charge in [0.1, 0.15) is 15.6 Å². The Morgan fingerprint density at radius 1 is 1.12 bits per heavy atom. The molecule has 2 aromatic rings. The number of benzene rings is 1. The fourth-order valence-corrected chi connectivity index (χ4v) is 4.47. The van der Waals surface area contributed by atoms with Crippen molar-refractivity contribution in [3.05, 3.63) is 46.6 Å². The maximum atomic E-state index is 11.5. The molecule has 0 radical (unpaired) electrons. The molecule has 24 heavy (non-hydrogen) atoms. The SMILES string of the molecule is O=[N+]([O-])c1ccc2c(c1Sc1ccccn1)NC1(CCCCC1)N2. The van der Waals surface area contributed by atoms with Crippen LogP contribution in [0, 0.1) is 10.1 Å². The number of aromatic nitrogens is 1. The lowest BCUT2D eigenvalue weighted by Crippen LogP contribution is -2.43. The van der Waals surface area contributed by atoms with Crippen LogP contribution in [0.2, 0.25) is 0 Å². The molecular formula is C17H18N4O2S. The van der Waals surface area contributed by atoms with E-state index in [9.17, 15) is 10.1 Å². The van der Waals surface area contributed by atoms with Gasteiger partial charge in [-0.15, -0.1) is 0 Å². The number of nitrogens with zero attached hydrogens (tertiary/aromatic N) is 2. The van der Waals surface area contributed by atoms with Gasteiger partial charge < -0.3 is 10.6 Å². The Morgan fingerprint density at radius 3 is 2.67 bits per heavy atom. The third-order valence-corrected chi connectivity index (χ3v) is 5.69. The molecule has 6 nitrogen and oxygen atoms in total. The van der Waals surface area contributed by atoms with Crippen LogP contribution in [0.15, 0.2) is 46.5 Å². The van der Waals surface area contributed by atoms with Gasteiger partial charge in [-0.3, -0.25) is 10.1 Å². The Bertz CT molecular complexity index is 776. The van der Waals surface area contributed by atoms with Crippen molar-refractivity contribution >= 4 is 28.8 Å². The van der Waals surface area contributed by atoms with Crippen molar-refractivity contribution in [3.8, 4) is 0 Å². The Hall–Kier alpha value is -2.28. The van der Waals surface area contributed by atoms with Gasteiger partial charge in [0.15, 0.2) is 0 Å². The molecule has 7 heteroatoms. The molecule has 0 atom stereocenters. The molecule has 2 heterocycles. The number of hydrogen-bond donors (Lipinski definition) is 2. The largest absolute Gasteiger partial charge is 0.361 e. The maximum absolute atomic E-state index is 11.5. The fraction of sp³-hybridized carbons (Fsp3) is 0.353. The molecule has 0 amide bonds. The van der Waals surface area contributed by atoms with Crippen LogP contribution in [-0.4, -0.2) is 15.6 Å². The highest BCUT2D eigenvalue weighted by Crippen LogP contribution is 2.50. The van der Waals surface area contributed by atoms with Crippen LogP contribution in [0.1, 0.15) is 32.1 Å². The summed E-state index contributed by atoms with van der Waals surface area (Å²) >= 11 is 1.34. The second-order valence-electron chi connectivity index (χ2n) is 6.26. The Kier molecular flexibility index (Phi) is 3.80. The highest BCUT2D eigenvalue weighted by molar-refractivity contribution is 7.99. The number of nitro groups is 1. The minimum atomic E-state index is -0.320. The van der Waals surface area contributed by atoms with Crippen LogP contribution in [0.5, 0.6) is 0 Å². The van der Waals surface area contributed by atoms with Crippen LogP contribution in [0.3, 0.4) is 0 Å². The van der Waals surface area contributed by atoms with Crippen LogP contribution < -0.4 is 10.6 Å². The predicted octanol–water partition coefficient (Wildman–Crippen LogP) is 4.64. The van der Waals surface area contributed by atoms with Gasteiger partial charge >= 0.3 is 0 Å². The topological polar surface area (TPSA) is 80.1 Å². The maximum Gasteiger partial charge on any atom is 0.285 e. The highest BCUT2D eigenvalue weighted by Gasteiger charge is 2.40. The van der Waals surface area contributed by atoms with Crippen LogP contribution in [0.25, 0.3) is 0 Å². The zero-order valence-corrected chi connectivity index (χ0v) is 13.9. The van der Waals surface area contributed by atoms with E-state index in [2.05, 4.69) is 15.6 Å². The zero-order chi connectivity index (χ0) is 16.6. The van der Waals surface area contributed by atoms with E-state index in [0.29, 0.717) is 4.90 Å². The molecule has 1 saturated carbocycles. The average molecular weight is 342 g/mol. The van der Waals surface area contributed by atoms with Gasteiger partial charge in [-0.1, -0.05) is 24.2 Å². The smallest absolute Gasteiger partial charge is 0.285 e. The summed E-state index contributed by atoms with van der Waals surface area (Å²) in [6.45, 7) is 0. The summed E-state index contributed by atoms with van der Waals surface area (Å²) in [7, 11) is 0. The molecule has 2 aliphatic rings. The van der Waals surface area contributed by atoms with E-state index in [0.717, 1.165) is 29.2 Å². The van der Waals surface area contributed by atoms with E-state index in [-0.39, 0.29) is 16.3 Å². The van der Waals surface area contributed by atoms with Crippen LogP contribution >= 0.6 is 11.8 Å². The summed E-state index contributed by atoms with van der Waals surface area (Å²) in [5, 5.41) is 19.4. The van der Waals surface area contributed by atoms with Crippen LogP contribution in [-0.2, 0) is 0 Å². The van der Waals surface area contributed by atoms with E-state index in [1.54, 1.807) is 12.3 Å². The van der Waals surface area contributed by atoms with Crippen molar-refractivity contribution in [3.63, 3.8) is 0 Å². The van der Waals surface area contributed by atoms with Gasteiger partial charge in [-0.25, -0.2) is 4.98 Å². The van der Waals surface area contributed by atoms with Crippen molar-refractivity contribution < 1.29 is 4.92 Å². The number of pyridine rings is 1. The molecule has 0 saturated heterocycles. The van der Waals surface area contributed by atoms with E-state index in [1.165, 1.54) is 31.0 Å². The highest BCUT2D eigenvalue weighted by atomic mass is 32.2. The quantitative estimate of drug-likeness (QED) is 0.625. The summed E-state index contributed by atoms with van der Waals surface area (Å²) in [5.74, 6) is 0. The van der Waals surface area contributed by atoms with Crippen molar-refractivity contribution in [1.29, 1.82) is 0 Å². The molecule has 0 bridgehead atoms. The molecule has 1 fully saturated rings. The standard InChI is InChI=1S/C17H18N4O2S/c22-21(23)13-8-7-12-15(16(13)24-14-6-2-5-11-18-14)20-17(19-12)9-3-1-4-10-17/h2,5-8,11,19-20H,1,3-4,9-10H2. The minimum Gasteiger partial charge on any atom is -0.361 e. The summed E-state index contributed by atoms with van der Waals surface area (Å²) in [6.07, 6.45) is 7.34. The van der Waals surface area contributed by atoms with Gasteiger partial charge in [0.2, 0.25) is 0 Å². The molecule has 124 valence electrons. The van der Waals surface area contributed by atoms with Crippen molar-refractivity contribution in [2.24, 2.45) is 0 Å². The fourth-order valence-electron chi connectivity index (χ4n) is 3.49. The number of fused-ring (bicyclic) bond motifs is 1. The molecule has 1 aliphatic carbocycles. The van der Waals surface area contributed by atoms with Crippen LogP contribution in [0.4, 0.5) is 17.1 Å². The Balaban J connectivity index is 1.75. The van der Waals surface area contributed by atoms with Gasteiger partial charge in [0.05, 0.1) is 16.3 Å². The third-order valence-electron chi connectivity index (χ3n) is 4.62. The van der Waals surface area contributed by atoms with Crippen molar-refractivity contribution in [2.45, 2.75) is 47.7 Å². The molecule has 4 rings (SSSR count). The van der Waals surface area contributed by atoms with Crippen molar-refractivity contribution in [1.82, 2.24) is 4.98 Å². The van der Waals surface area contributed by atoms with E-state index >= 15 is 0 Å². The number of nitrogens with one attached hydrogen (secondary N) is 2. The van der Waals surface area contributed by atoms with E-state index in [4.69, 9.17) is 0 Å². The molecule has 1 aliphatic heterocycles. The summed E-state index contributed by atoms with van der Waals surface area (Å²) in [4.78, 5) is 16.1. The monoisotopic (exact) mass is 342 g/mol. The van der Waals surface area contributed by atoms with Gasteiger partial charge in [-0.2, -0.15) is 0 Å². The lowest BCUT2D eigenvalue weighted by Gasteiger charge is -2.34. The first-order valence-electron chi connectivity index (χ1n) is 8.14. The molecule has 1 aromatic heterocycles. The second-order valence-corrected chi connectivity index (χ2v) is 7.29. The Morgan fingerprint density at radius 2 is 1.96 bits per heavy atom. The molecule has 1 aromatic carbocycles. The van der Waals surface area contributed by atoms with Gasteiger partial charge in [0.25, 0.3) is 5.69 Å². The number of hydrogen-bond acceptors (Lipinski definition) is 6.